The number of carbonyl (C=O) groups is 1. The monoisotopic (exact) mass is 247 g/mol. The fraction of sp³-hybridized carbons (Fsp3) is 0.500. The zero-order valence-electron chi connectivity index (χ0n) is 8.68. The number of nitrogens with two attached hydrogens (primary N) is 1. The van der Waals surface area contributed by atoms with E-state index in [9.17, 15) is 13.6 Å². The third-order valence-electron chi connectivity index (χ3n) is 2.67. The number of thiophene rings is 1. The van der Waals surface area contributed by atoms with Gasteiger partial charge in [-0.05, 0) is 12.0 Å². The van der Waals surface area contributed by atoms with E-state index in [0.29, 0.717) is 10.4 Å². The number of alkyl halides is 2. The maximum atomic E-state index is 13.2. The maximum Gasteiger partial charge on any atom is 0.341 e. The van der Waals surface area contributed by atoms with E-state index in [1.165, 1.54) is 7.11 Å². The molecular formula is C10H11F2NO2S. The molecule has 0 saturated heterocycles. The van der Waals surface area contributed by atoms with Crippen LogP contribution in [0, 0.1) is 0 Å². The van der Waals surface area contributed by atoms with Crippen molar-refractivity contribution in [1.82, 2.24) is 0 Å². The van der Waals surface area contributed by atoms with Gasteiger partial charge >= 0.3 is 5.97 Å². The number of anilines is 1. The van der Waals surface area contributed by atoms with Crippen molar-refractivity contribution < 1.29 is 18.3 Å². The van der Waals surface area contributed by atoms with Crippen LogP contribution >= 0.6 is 11.3 Å². The lowest BCUT2D eigenvalue weighted by Gasteiger charge is -2.21. The molecule has 1 aliphatic rings. The summed E-state index contributed by atoms with van der Waals surface area (Å²) in [5, 5.41) is 0.273. The van der Waals surface area contributed by atoms with Crippen LogP contribution in [0.2, 0.25) is 0 Å². The molecule has 1 aliphatic carbocycles. The summed E-state index contributed by atoms with van der Waals surface area (Å²) in [6.07, 6.45) is -0.380. The topological polar surface area (TPSA) is 52.3 Å². The average Bonchev–Trinajstić information content (AvgIpc) is 2.50. The molecular weight excluding hydrogens is 236 g/mol. The van der Waals surface area contributed by atoms with E-state index in [-0.39, 0.29) is 29.8 Å². The minimum absolute atomic E-state index is 0.181. The number of carbonyl (C=O) groups excluding carboxylic acids is 1. The van der Waals surface area contributed by atoms with Crippen molar-refractivity contribution in [2.24, 2.45) is 0 Å². The third kappa shape index (κ3) is 1.77. The number of rotatable bonds is 1. The molecule has 3 nitrogen and oxygen atoms in total. The molecule has 2 rings (SSSR count). The number of hydrogen-bond acceptors (Lipinski definition) is 4. The third-order valence-corrected chi connectivity index (χ3v) is 3.73. The largest absolute Gasteiger partial charge is 0.465 e. The van der Waals surface area contributed by atoms with Gasteiger partial charge in [-0.3, -0.25) is 0 Å². The summed E-state index contributed by atoms with van der Waals surface area (Å²) in [4.78, 5) is 12.0. The number of esters is 1. The number of halogens is 2. The van der Waals surface area contributed by atoms with Gasteiger partial charge in [-0.15, -0.1) is 11.3 Å². The Labute approximate surface area is 95.2 Å². The molecule has 0 radical (unpaired) electrons. The van der Waals surface area contributed by atoms with Gasteiger partial charge in [0, 0.05) is 17.7 Å². The van der Waals surface area contributed by atoms with Gasteiger partial charge in [-0.25, -0.2) is 13.6 Å². The molecule has 0 aliphatic heterocycles. The molecule has 2 N–H and O–H groups in total. The lowest BCUT2D eigenvalue weighted by atomic mass is 9.93. The first kappa shape index (κ1) is 11.3. The van der Waals surface area contributed by atoms with Gasteiger partial charge in [0.05, 0.1) is 12.7 Å². The van der Waals surface area contributed by atoms with Gasteiger partial charge in [0.2, 0.25) is 0 Å². The van der Waals surface area contributed by atoms with Crippen molar-refractivity contribution in [2.45, 2.75) is 25.2 Å². The molecule has 6 heteroatoms. The van der Waals surface area contributed by atoms with Crippen LogP contribution in [0.1, 0.15) is 27.2 Å². The summed E-state index contributed by atoms with van der Waals surface area (Å²) >= 11 is 1.06. The summed E-state index contributed by atoms with van der Waals surface area (Å²) < 4.78 is 30.9. The Kier molecular flexibility index (Phi) is 2.61. The highest BCUT2D eigenvalue weighted by molar-refractivity contribution is 7.16. The Morgan fingerprint density at radius 3 is 2.88 bits per heavy atom. The van der Waals surface area contributed by atoms with Crippen molar-refractivity contribution >= 4 is 22.3 Å². The van der Waals surface area contributed by atoms with Gasteiger partial charge < -0.3 is 10.5 Å². The first-order valence-corrected chi connectivity index (χ1v) is 5.62. The normalized spacial score (nSPS) is 17.9. The van der Waals surface area contributed by atoms with Gasteiger partial charge in [0.15, 0.2) is 0 Å². The van der Waals surface area contributed by atoms with Gasteiger partial charge in [0.25, 0.3) is 5.92 Å². The maximum absolute atomic E-state index is 13.2. The Balaban J connectivity index is 2.44. The highest BCUT2D eigenvalue weighted by Crippen LogP contribution is 2.41. The molecule has 0 saturated carbocycles. The van der Waals surface area contributed by atoms with Gasteiger partial charge in [-0.2, -0.15) is 0 Å². The standard InChI is InChI=1S/C10H11F2NO2S/c1-15-9(14)7-5-2-3-10(11,12)4-6(5)16-8(7)13/h2-4,13H2,1H3. The van der Waals surface area contributed by atoms with Crippen molar-refractivity contribution in [3.05, 3.63) is 16.0 Å². The fourth-order valence-corrected chi connectivity index (χ4v) is 3.08. The molecule has 0 aromatic carbocycles. The summed E-state index contributed by atoms with van der Waals surface area (Å²) in [5.74, 6) is -3.22. The molecule has 0 unspecified atom stereocenters. The van der Waals surface area contributed by atoms with Crippen LogP contribution in [-0.2, 0) is 17.6 Å². The van der Waals surface area contributed by atoms with Crippen molar-refractivity contribution in [2.75, 3.05) is 12.8 Å². The Hall–Kier alpha value is -1.17. The second-order valence-electron chi connectivity index (χ2n) is 3.77. The lowest BCUT2D eigenvalue weighted by Crippen LogP contribution is -2.25. The fourth-order valence-electron chi connectivity index (χ4n) is 1.90. The number of methoxy groups -OCH3 is 1. The van der Waals surface area contributed by atoms with Crippen LogP contribution < -0.4 is 5.73 Å². The SMILES string of the molecule is COC(=O)c1c(N)sc2c1CCC(F)(F)C2. The summed E-state index contributed by atoms with van der Waals surface area (Å²) in [6, 6.07) is 0. The Morgan fingerprint density at radius 1 is 1.56 bits per heavy atom. The van der Waals surface area contributed by atoms with E-state index in [1.807, 2.05) is 0 Å². The zero-order chi connectivity index (χ0) is 11.9. The Morgan fingerprint density at radius 2 is 2.25 bits per heavy atom. The molecule has 0 bridgehead atoms. The van der Waals surface area contributed by atoms with E-state index in [1.54, 1.807) is 0 Å². The lowest BCUT2D eigenvalue weighted by molar-refractivity contribution is -0.0113. The smallest absolute Gasteiger partial charge is 0.341 e. The number of hydrogen-bond donors (Lipinski definition) is 1. The number of nitrogen functional groups attached to an aromatic ring is 1. The molecule has 1 aromatic heterocycles. The van der Waals surface area contributed by atoms with Gasteiger partial charge in [-0.1, -0.05) is 0 Å². The van der Waals surface area contributed by atoms with Crippen molar-refractivity contribution in [3.8, 4) is 0 Å². The second kappa shape index (κ2) is 3.69. The predicted molar refractivity (Wildman–Crippen MR) is 57.0 cm³/mol. The van der Waals surface area contributed by atoms with Gasteiger partial charge in [0.1, 0.15) is 5.00 Å². The minimum Gasteiger partial charge on any atom is -0.465 e. The summed E-state index contributed by atoms with van der Waals surface area (Å²) in [5.41, 5.74) is 6.57. The van der Waals surface area contributed by atoms with E-state index in [4.69, 9.17) is 5.73 Å². The highest BCUT2D eigenvalue weighted by atomic mass is 32.1. The second-order valence-corrected chi connectivity index (χ2v) is 4.90. The van der Waals surface area contributed by atoms with E-state index >= 15 is 0 Å². The molecule has 0 amide bonds. The predicted octanol–water partition coefficient (Wildman–Crippen LogP) is 2.24. The van der Waals surface area contributed by atoms with Crippen LogP contribution in [0.5, 0.6) is 0 Å². The highest BCUT2D eigenvalue weighted by Gasteiger charge is 2.38. The molecule has 0 spiro atoms. The van der Waals surface area contributed by atoms with Crippen LogP contribution in [0.3, 0.4) is 0 Å². The van der Waals surface area contributed by atoms with Crippen LogP contribution in [0.15, 0.2) is 0 Å². The molecule has 88 valence electrons. The van der Waals surface area contributed by atoms with E-state index in [2.05, 4.69) is 4.74 Å². The van der Waals surface area contributed by atoms with E-state index < -0.39 is 11.9 Å². The van der Waals surface area contributed by atoms with Crippen molar-refractivity contribution in [3.63, 3.8) is 0 Å². The molecule has 1 heterocycles. The molecule has 0 fully saturated rings. The van der Waals surface area contributed by atoms with Crippen LogP contribution in [0.25, 0.3) is 0 Å². The summed E-state index contributed by atoms with van der Waals surface area (Å²) in [7, 11) is 1.25. The molecule has 16 heavy (non-hydrogen) atoms. The zero-order valence-corrected chi connectivity index (χ0v) is 9.50. The van der Waals surface area contributed by atoms with Crippen LogP contribution in [-0.4, -0.2) is 19.0 Å². The average molecular weight is 247 g/mol. The van der Waals surface area contributed by atoms with Crippen molar-refractivity contribution in [1.29, 1.82) is 0 Å². The molecule has 0 atom stereocenters. The summed E-state index contributed by atoms with van der Waals surface area (Å²) in [6.45, 7) is 0. The van der Waals surface area contributed by atoms with E-state index in [0.717, 1.165) is 11.3 Å². The quantitative estimate of drug-likeness (QED) is 0.774. The molecule has 1 aromatic rings. The first-order valence-electron chi connectivity index (χ1n) is 4.81. The minimum atomic E-state index is -2.68. The number of fused-ring (bicyclic) bond motifs is 1. The van der Waals surface area contributed by atoms with Crippen LogP contribution in [0.4, 0.5) is 13.8 Å². The first-order chi connectivity index (χ1) is 7.44. The number of ether oxygens (including phenoxy) is 1. The Bertz CT molecular complexity index is 442.